The average Bonchev–Trinajstić information content (AvgIpc) is 3.39. The Hall–Kier alpha value is -3.96. The molecule has 1 unspecified atom stereocenters. The SMILES string of the molecule is CC1Cc2ccccc2N1S(=O)(=O)c1cccc(C(=O)NCCN2C(=O)S/C(=C/c3cccnc3)C2=O)c1. The predicted octanol–water partition coefficient (Wildman–Crippen LogP) is 3.69. The number of rotatable bonds is 7. The highest BCUT2D eigenvalue weighted by atomic mass is 32.2. The number of nitrogens with zero attached hydrogens (tertiary/aromatic N) is 3. The summed E-state index contributed by atoms with van der Waals surface area (Å²) < 4.78 is 28.4. The van der Waals surface area contributed by atoms with Crippen molar-refractivity contribution in [1.29, 1.82) is 0 Å². The molecular formula is C27H24N4O5S2. The normalized spacial score (nSPS) is 18.2. The number of hydrogen-bond donors (Lipinski definition) is 1. The van der Waals surface area contributed by atoms with Crippen molar-refractivity contribution in [1.82, 2.24) is 15.2 Å². The molecule has 0 saturated carbocycles. The Kier molecular flexibility index (Phi) is 7.04. The van der Waals surface area contributed by atoms with Gasteiger partial charge >= 0.3 is 0 Å². The van der Waals surface area contributed by atoms with Gasteiger partial charge in [-0.15, -0.1) is 0 Å². The van der Waals surface area contributed by atoms with E-state index in [1.807, 2.05) is 19.1 Å². The van der Waals surface area contributed by atoms with Crippen LogP contribution < -0.4 is 9.62 Å². The Balaban J connectivity index is 1.25. The first-order chi connectivity index (χ1) is 18.3. The number of carbonyl (C=O) groups excluding carboxylic acids is 3. The van der Waals surface area contributed by atoms with Gasteiger partial charge in [0.15, 0.2) is 0 Å². The van der Waals surface area contributed by atoms with E-state index in [0.29, 0.717) is 17.7 Å². The van der Waals surface area contributed by atoms with Crippen molar-refractivity contribution in [2.75, 3.05) is 17.4 Å². The molecule has 3 heterocycles. The van der Waals surface area contributed by atoms with E-state index in [1.54, 1.807) is 42.7 Å². The number of imide groups is 1. The average molecular weight is 549 g/mol. The van der Waals surface area contributed by atoms with Gasteiger partial charge in [0.25, 0.3) is 27.1 Å². The molecule has 3 amide bonds. The summed E-state index contributed by atoms with van der Waals surface area (Å²) >= 11 is 0.831. The molecule has 2 aliphatic rings. The molecule has 11 heteroatoms. The quantitative estimate of drug-likeness (QED) is 0.448. The molecule has 5 rings (SSSR count). The second kappa shape index (κ2) is 10.4. The largest absolute Gasteiger partial charge is 0.350 e. The lowest BCUT2D eigenvalue weighted by Gasteiger charge is -2.24. The summed E-state index contributed by atoms with van der Waals surface area (Å²) in [7, 11) is -3.90. The van der Waals surface area contributed by atoms with Crippen LogP contribution in [0.1, 0.15) is 28.4 Å². The van der Waals surface area contributed by atoms with Crippen molar-refractivity contribution in [2.45, 2.75) is 24.3 Å². The van der Waals surface area contributed by atoms with Crippen LogP contribution >= 0.6 is 11.8 Å². The highest BCUT2D eigenvalue weighted by molar-refractivity contribution is 8.18. The minimum atomic E-state index is -3.90. The molecule has 1 fully saturated rings. The highest BCUT2D eigenvalue weighted by Gasteiger charge is 2.36. The monoisotopic (exact) mass is 548 g/mol. The zero-order chi connectivity index (χ0) is 26.9. The number of hydrogen-bond acceptors (Lipinski definition) is 7. The van der Waals surface area contributed by atoms with Crippen LogP contribution in [0.15, 0.2) is 82.9 Å². The summed E-state index contributed by atoms with van der Waals surface area (Å²) in [5.41, 5.74) is 2.47. The van der Waals surface area contributed by atoms with E-state index in [-0.39, 0.29) is 34.5 Å². The Morgan fingerprint density at radius 3 is 2.74 bits per heavy atom. The number of anilines is 1. The zero-order valence-electron chi connectivity index (χ0n) is 20.4. The van der Waals surface area contributed by atoms with Crippen molar-refractivity contribution in [2.24, 2.45) is 0 Å². The maximum absolute atomic E-state index is 13.5. The number of thioether (sulfide) groups is 1. The molecule has 2 aliphatic heterocycles. The third-order valence-corrected chi connectivity index (χ3v) is 9.11. The number of aromatic nitrogens is 1. The fourth-order valence-electron chi connectivity index (χ4n) is 4.50. The van der Waals surface area contributed by atoms with E-state index in [4.69, 9.17) is 0 Å². The molecule has 9 nitrogen and oxygen atoms in total. The molecule has 1 aromatic heterocycles. The highest BCUT2D eigenvalue weighted by Crippen LogP contribution is 2.36. The number of carbonyl (C=O) groups is 3. The summed E-state index contributed by atoms with van der Waals surface area (Å²) in [5.74, 6) is -0.944. The van der Waals surface area contributed by atoms with Crippen LogP contribution in [0.5, 0.6) is 0 Å². The first kappa shape index (κ1) is 25.7. The Bertz CT molecular complexity index is 1560. The van der Waals surface area contributed by atoms with Crippen LogP contribution in [0, 0.1) is 0 Å². The van der Waals surface area contributed by atoms with Crippen molar-refractivity contribution in [3.05, 3.63) is 94.7 Å². The maximum Gasteiger partial charge on any atom is 0.293 e. The van der Waals surface area contributed by atoms with Gasteiger partial charge in [0, 0.05) is 37.1 Å². The summed E-state index contributed by atoms with van der Waals surface area (Å²) in [6.07, 6.45) is 5.41. The van der Waals surface area contributed by atoms with E-state index in [1.165, 1.54) is 28.6 Å². The predicted molar refractivity (Wildman–Crippen MR) is 145 cm³/mol. The van der Waals surface area contributed by atoms with Crippen LogP contribution in [0.3, 0.4) is 0 Å². The number of nitrogens with one attached hydrogen (secondary N) is 1. The molecule has 0 bridgehead atoms. The van der Waals surface area contributed by atoms with Gasteiger partial charge in [-0.25, -0.2) is 8.42 Å². The number of para-hydroxylation sites is 1. The molecule has 194 valence electrons. The lowest BCUT2D eigenvalue weighted by molar-refractivity contribution is -0.122. The van der Waals surface area contributed by atoms with Gasteiger partial charge in [0.05, 0.1) is 15.5 Å². The van der Waals surface area contributed by atoms with Gasteiger partial charge in [-0.05, 0) is 72.6 Å². The van der Waals surface area contributed by atoms with Crippen LogP contribution in [0.25, 0.3) is 6.08 Å². The lowest BCUT2D eigenvalue weighted by atomic mass is 10.1. The van der Waals surface area contributed by atoms with Crippen molar-refractivity contribution in [3.63, 3.8) is 0 Å². The Labute approximate surface area is 224 Å². The standard InChI is InChI=1S/C27H24N4O5S2/c1-18-14-20-7-2-3-10-23(20)31(18)38(35,36)22-9-4-8-21(16-22)25(32)29-12-13-30-26(33)24(37-27(30)34)15-19-6-5-11-28-17-19/h2-11,15-18H,12-14H2,1H3,(H,29,32)/b24-15+. The van der Waals surface area contributed by atoms with Crippen LogP contribution in [-0.2, 0) is 21.2 Å². The zero-order valence-corrected chi connectivity index (χ0v) is 22.0. The number of sulfonamides is 1. The van der Waals surface area contributed by atoms with Gasteiger partial charge in [0.2, 0.25) is 0 Å². The summed E-state index contributed by atoms with van der Waals surface area (Å²) in [5, 5.41) is 2.25. The molecule has 0 aliphatic carbocycles. The molecule has 3 aromatic rings. The van der Waals surface area contributed by atoms with Gasteiger partial charge in [-0.1, -0.05) is 30.3 Å². The smallest absolute Gasteiger partial charge is 0.293 e. The van der Waals surface area contributed by atoms with E-state index in [0.717, 1.165) is 22.2 Å². The molecule has 1 N–H and O–H groups in total. The van der Waals surface area contributed by atoms with Gasteiger partial charge in [-0.2, -0.15) is 0 Å². The van der Waals surface area contributed by atoms with E-state index in [9.17, 15) is 22.8 Å². The Morgan fingerprint density at radius 1 is 1.13 bits per heavy atom. The molecular weight excluding hydrogens is 524 g/mol. The minimum Gasteiger partial charge on any atom is -0.350 e. The molecule has 1 saturated heterocycles. The van der Waals surface area contributed by atoms with Crippen LogP contribution in [0.4, 0.5) is 10.5 Å². The summed E-state index contributed by atoms with van der Waals surface area (Å²) in [6, 6.07) is 16.5. The van der Waals surface area contributed by atoms with Gasteiger partial charge in [0.1, 0.15) is 0 Å². The van der Waals surface area contributed by atoms with E-state index < -0.39 is 27.1 Å². The molecule has 38 heavy (non-hydrogen) atoms. The van der Waals surface area contributed by atoms with Gasteiger partial charge < -0.3 is 5.32 Å². The molecule has 0 radical (unpaired) electrons. The third kappa shape index (κ3) is 4.94. The Morgan fingerprint density at radius 2 is 1.95 bits per heavy atom. The number of benzene rings is 2. The number of amides is 3. The summed E-state index contributed by atoms with van der Waals surface area (Å²) in [6.45, 7) is 1.86. The van der Waals surface area contributed by atoms with Crippen LogP contribution in [0.2, 0.25) is 0 Å². The number of fused-ring (bicyclic) bond motifs is 1. The van der Waals surface area contributed by atoms with Crippen molar-refractivity contribution in [3.8, 4) is 0 Å². The summed E-state index contributed by atoms with van der Waals surface area (Å²) in [4.78, 5) is 43.2. The van der Waals surface area contributed by atoms with Crippen LogP contribution in [-0.4, -0.2) is 54.5 Å². The van der Waals surface area contributed by atoms with E-state index in [2.05, 4.69) is 10.3 Å². The second-order valence-corrected chi connectivity index (χ2v) is 11.7. The van der Waals surface area contributed by atoms with Gasteiger partial charge in [-0.3, -0.25) is 28.6 Å². The fraction of sp³-hybridized carbons (Fsp3) is 0.185. The second-order valence-electron chi connectivity index (χ2n) is 8.89. The molecule has 0 spiro atoms. The first-order valence-electron chi connectivity index (χ1n) is 11.9. The molecule has 2 aromatic carbocycles. The van der Waals surface area contributed by atoms with Crippen molar-refractivity contribution >= 4 is 50.6 Å². The maximum atomic E-state index is 13.5. The third-order valence-electron chi connectivity index (χ3n) is 6.27. The fourth-order valence-corrected chi connectivity index (χ4v) is 7.11. The lowest BCUT2D eigenvalue weighted by Crippen LogP contribution is -2.37. The topological polar surface area (TPSA) is 117 Å². The first-order valence-corrected chi connectivity index (χ1v) is 14.2. The minimum absolute atomic E-state index is 0.0130. The number of pyridine rings is 1. The van der Waals surface area contributed by atoms with E-state index >= 15 is 0 Å². The molecule has 1 atom stereocenters. The van der Waals surface area contributed by atoms with Crippen molar-refractivity contribution < 1.29 is 22.8 Å².